The molecule has 0 unspecified atom stereocenters. The predicted octanol–water partition coefficient (Wildman–Crippen LogP) is 6.40. The highest BCUT2D eigenvalue weighted by atomic mass is 35.5. The molecular formula is C29H20Cl2N2O5. The molecule has 4 amide bonds. The summed E-state index contributed by atoms with van der Waals surface area (Å²) >= 11 is 13.0. The molecule has 4 aromatic carbocycles. The Bertz CT molecular complexity index is 1590. The summed E-state index contributed by atoms with van der Waals surface area (Å²) in [5.74, 6) is -0.781. The highest BCUT2D eigenvalue weighted by Gasteiger charge is 2.36. The third-order valence-electron chi connectivity index (χ3n) is 6.02. The van der Waals surface area contributed by atoms with Gasteiger partial charge in [-0.05, 0) is 64.4 Å². The van der Waals surface area contributed by atoms with E-state index in [2.05, 4.69) is 5.32 Å². The zero-order valence-corrected chi connectivity index (χ0v) is 21.5. The lowest BCUT2D eigenvalue weighted by Crippen LogP contribution is -2.54. The van der Waals surface area contributed by atoms with E-state index in [1.807, 2.05) is 42.5 Å². The van der Waals surface area contributed by atoms with E-state index in [4.69, 9.17) is 32.7 Å². The van der Waals surface area contributed by atoms with E-state index in [9.17, 15) is 14.4 Å². The molecule has 1 heterocycles. The first-order valence-electron chi connectivity index (χ1n) is 11.5. The number of anilines is 1. The van der Waals surface area contributed by atoms with Crippen LogP contribution >= 0.6 is 23.2 Å². The molecule has 0 saturated carbocycles. The summed E-state index contributed by atoms with van der Waals surface area (Å²) in [6, 6.07) is 22.4. The maximum Gasteiger partial charge on any atom is 0.335 e. The minimum absolute atomic E-state index is 0.205. The summed E-state index contributed by atoms with van der Waals surface area (Å²) in [6.07, 6.45) is 1.33. The lowest BCUT2D eigenvalue weighted by atomic mass is 10.1. The molecule has 1 fully saturated rings. The largest absolute Gasteiger partial charge is 0.497 e. The van der Waals surface area contributed by atoms with Crippen LogP contribution in [0.1, 0.15) is 11.1 Å². The van der Waals surface area contributed by atoms with E-state index >= 15 is 0 Å². The summed E-state index contributed by atoms with van der Waals surface area (Å²) in [6.45, 7) is 0.237. The van der Waals surface area contributed by atoms with Crippen molar-refractivity contribution in [3.8, 4) is 11.5 Å². The Hall–Kier alpha value is -4.33. The Kier molecular flexibility index (Phi) is 7.05. The summed E-state index contributed by atoms with van der Waals surface area (Å²) in [5.41, 5.74) is 1.38. The molecule has 4 aromatic rings. The van der Waals surface area contributed by atoms with Gasteiger partial charge < -0.3 is 9.47 Å². The number of halogens is 2. The molecule has 1 aliphatic rings. The van der Waals surface area contributed by atoms with E-state index in [0.717, 1.165) is 21.2 Å². The summed E-state index contributed by atoms with van der Waals surface area (Å²) < 4.78 is 11.1. The van der Waals surface area contributed by atoms with Gasteiger partial charge in [-0.3, -0.25) is 14.9 Å². The first kappa shape index (κ1) is 25.3. The topological polar surface area (TPSA) is 84.9 Å². The summed E-state index contributed by atoms with van der Waals surface area (Å²) in [7, 11) is 1.50. The van der Waals surface area contributed by atoms with Crippen LogP contribution in [0.25, 0.3) is 16.8 Å². The molecule has 0 aliphatic carbocycles. The van der Waals surface area contributed by atoms with Gasteiger partial charge in [-0.2, -0.15) is 0 Å². The van der Waals surface area contributed by atoms with Gasteiger partial charge in [-0.25, -0.2) is 9.69 Å². The lowest BCUT2D eigenvalue weighted by molar-refractivity contribution is -0.122. The smallest absolute Gasteiger partial charge is 0.335 e. The second kappa shape index (κ2) is 10.6. The van der Waals surface area contributed by atoms with Crippen molar-refractivity contribution in [1.29, 1.82) is 0 Å². The second-order valence-corrected chi connectivity index (χ2v) is 9.21. The molecule has 7 nitrogen and oxygen atoms in total. The average molecular weight is 547 g/mol. The van der Waals surface area contributed by atoms with Gasteiger partial charge in [0.25, 0.3) is 11.8 Å². The molecule has 0 spiro atoms. The average Bonchev–Trinajstić information content (AvgIpc) is 2.91. The molecule has 1 saturated heterocycles. The van der Waals surface area contributed by atoms with Crippen molar-refractivity contribution >= 4 is 63.6 Å². The molecule has 0 bridgehead atoms. The fourth-order valence-corrected chi connectivity index (χ4v) is 4.77. The Labute approximate surface area is 228 Å². The van der Waals surface area contributed by atoms with Gasteiger partial charge in [-0.15, -0.1) is 0 Å². The minimum Gasteiger partial charge on any atom is -0.497 e. The molecule has 0 aromatic heterocycles. The Morgan fingerprint density at radius 3 is 2.29 bits per heavy atom. The molecule has 1 N–H and O–H groups in total. The van der Waals surface area contributed by atoms with Gasteiger partial charge in [0, 0.05) is 0 Å². The highest BCUT2D eigenvalue weighted by Crippen LogP contribution is 2.36. The number of amides is 4. The van der Waals surface area contributed by atoms with E-state index in [1.54, 1.807) is 24.3 Å². The summed E-state index contributed by atoms with van der Waals surface area (Å²) in [4.78, 5) is 39.0. The van der Waals surface area contributed by atoms with Gasteiger partial charge >= 0.3 is 6.03 Å². The Morgan fingerprint density at radius 1 is 0.895 bits per heavy atom. The monoisotopic (exact) mass is 546 g/mol. The highest BCUT2D eigenvalue weighted by molar-refractivity contribution is 6.40. The summed E-state index contributed by atoms with van der Waals surface area (Å²) in [5, 5.41) is 4.74. The van der Waals surface area contributed by atoms with Crippen LogP contribution in [0.15, 0.2) is 84.4 Å². The zero-order valence-electron chi connectivity index (χ0n) is 20.0. The fraction of sp³-hybridized carbons (Fsp3) is 0.0690. The number of urea groups is 1. The van der Waals surface area contributed by atoms with E-state index in [-0.39, 0.29) is 33.7 Å². The first-order chi connectivity index (χ1) is 18.4. The third kappa shape index (κ3) is 4.94. The van der Waals surface area contributed by atoms with Crippen molar-refractivity contribution < 1.29 is 23.9 Å². The van der Waals surface area contributed by atoms with Gasteiger partial charge in [-0.1, -0.05) is 65.7 Å². The van der Waals surface area contributed by atoms with Crippen molar-refractivity contribution in [2.24, 2.45) is 0 Å². The number of ether oxygens (including phenoxy) is 2. The normalized spacial score (nSPS) is 14.7. The van der Waals surface area contributed by atoms with Crippen LogP contribution in [0, 0.1) is 0 Å². The standard InChI is InChI=1S/C29H20Cl2N2O5/c1-37-21-11-9-20(10-12-21)33-28(35)23(27(34)32-29(33)36)13-17-14-24(30)26(25(31)15-17)38-16-19-7-4-6-18-5-2-3-8-22(18)19/h2-15H,16H2,1H3,(H,32,34,36)/b23-13+. The quantitative estimate of drug-likeness (QED) is 0.223. The van der Waals surface area contributed by atoms with Gasteiger partial charge in [0.2, 0.25) is 0 Å². The van der Waals surface area contributed by atoms with E-state index in [0.29, 0.717) is 11.3 Å². The zero-order chi connectivity index (χ0) is 26.8. The third-order valence-corrected chi connectivity index (χ3v) is 6.58. The molecule has 5 rings (SSSR count). The van der Waals surface area contributed by atoms with Crippen LogP contribution < -0.4 is 19.7 Å². The van der Waals surface area contributed by atoms with Crippen molar-refractivity contribution in [1.82, 2.24) is 5.32 Å². The van der Waals surface area contributed by atoms with Crippen LogP contribution in [-0.2, 0) is 16.2 Å². The second-order valence-electron chi connectivity index (χ2n) is 8.40. The lowest BCUT2D eigenvalue weighted by Gasteiger charge is -2.26. The maximum absolute atomic E-state index is 13.2. The number of benzene rings is 4. The number of carbonyl (C=O) groups excluding carboxylic acids is 3. The fourth-order valence-electron chi connectivity index (χ4n) is 4.16. The van der Waals surface area contributed by atoms with Crippen LogP contribution in [-0.4, -0.2) is 25.0 Å². The number of imide groups is 2. The van der Waals surface area contributed by atoms with Crippen molar-refractivity contribution in [3.05, 3.63) is 106 Å². The van der Waals surface area contributed by atoms with Crippen molar-refractivity contribution in [3.63, 3.8) is 0 Å². The first-order valence-corrected chi connectivity index (χ1v) is 12.3. The predicted molar refractivity (Wildman–Crippen MR) is 147 cm³/mol. The van der Waals surface area contributed by atoms with E-state index < -0.39 is 17.8 Å². The minimum atomic E-state index is -0.851. The number of barbiturate groups is 1. The number of hydrogen-bond donors (Lipinski definition) is 1. The number of fused-ring (bicyclic) bond motifs is 1. The number of carbonyl (C=O) groups is 3. The SMILES string of the molecule is COc1ccc(N2C(=O)NC(=O)/C(=C\c3cc(Cl)c(OCc4cccc5ccccc45)c(Cl)c3)C2=O)cc1. The van der Waals surface area contributed by atoms with E-state index in [1.165, 1.54) is 25.3 Å². The van der Waals surface area contributed by atoms with Gasteiger partial charge in [0.1, 0.15) is 17.9 Å². The van der Waals surface area contributed by atoms with Gasteiger partial charge in [0.15, 0.2) is 5.75 Å². The molecule has 9 heteroatoms. The van der Waals surface area contributed by atoms with Crippen LogP contribution in [0.4, 0.5) is 10.5 Å². The Balaban J connectivity index is 1.41. The number of rotatable bonds is 6. The molecule has 38 heavy (non-hydrogen) atoms. The number of nitrogens with one attached hydrogen (secondary N) is 1. The van der Waals surface area contributed by atoms with Crippen LogP contribution in [0.5, 0.6) is 11.5 Å². The van der Waals surface area contributed by atoms with Crippen LogP contribution in [0.3, 0.4) is 0 Å². The van der Waals surface area contributed by atoms with Crippen molar-refractivity contribution in [2.75, 3.05) is 12.0 Å². The van der Waals surface area contributed by atoms with Gasteiger partial charge in [0.05, 0.1) is 22.8 Å². The molecule has 0 radical (unpaired) electrons. The number of hydrogen-bond acceptors (Lipinski definition) is 5. The molecule has 0 atom stereocenters. The van der Waals surface area contributed by atoms with Crippen molar-refractivity contribution in [2.45, 2.75) is 6.61 Å². The maximum atomic E-state index is 13.2. The Morgan fingerprint density at radius 2 is 1.58 bits per heavy atom. The molecule has 190 valence electrons. The number of nitrogens with zero attached hydrogens (tertiary/aromatic N) is 1. The molecule has 1 aliphatic heterocycles. The molecular weight excluding hydrogens is 527 g/mol. The van der Waals surface area contributed by atoms with Crippen LogP contribution in [0.2, 0.25) is 10.0 Å². The number of methoxy groups -OCH3 is 1.